The molecule has 2 aromatic carbocycles. The fraction of sp³-hybridized carbons (Fsp3) is 0.176. The van der Waals surface area contributed by atoms with Crippen molar-refractivity contribution in [1.29, 1.82) is 0 Å². The Morgan fingerprint density at radius 3 is 2.43 bits per heavy atom. The molecule has 0 atom stereocenters. The van der Waals surface area contributed by atoms with Gasteiger partial charge in [0.05, 0.1) is 23.6 Å². The molecule has 120 valence electrons. The fourth-order valence-electron chi connectivity index (χ4n) is 1.91. The Balaban J connectivity index is 2.10. The smallest absolute Gasteiger partial charge is 0.338 e. The average molecular weight is 351 g/mol. The van der Waals surface area contributed by atoms with Crippen LogP contribution in [0.3, 0.4) is 0 Å². The maximum Gasteiger partial charge on any atom is 0.338 e. The lowest BCUT2D eigenvalue weighted by Crippen LogP contribution is -2.03. The maximum absolute atomic E-state index is 11.6. The summed E-state index contributed by atoms with van der Waals surface area (Å²) in [5, 5.41) is 9.29. The first-order chi connectivity index (χ1) is 11.0. The molecule has 6 heteroatoms. The van der Waals surface area contributed by atoms with Crippen LogP contribution in [0.4, 0.5) is 0 Å². The molecular weight excluding hydrogens is 336 g/mol. The predicted octanol–water partition coefficient (Wildman–Crippen LogP) is 4.30. The van der Waals surface area contributed by atoms with Crippen LogP contribution in [0.2, 0.25) is 5.02 Å². The van der Waals surface area contributed by atoms with E-state index in [4.69, 9.17) is 21.4 Å². The summed E-state index contributed by atoms with van der Waals surface area (Å²) in [6.45, 7) is 2.10. The van der Waals surface area contributed by atoms with Crippen molar-refractivity contribution in [3.63, 3.8) is 0 Å². The van der Waals surface area contributed by atoms with Gasteiger partial charge >= 0.3 is 11.9 Å². The topological polar surface area (TPSA) is 63.6 Å². The second kappa shape index (κ2) is 8.04. The number of halogens is 1. The summed E-state index contributed by atoms with van der Waals surface area (Å²) in [5.74, 6) is -1.24. The summed E-state index contributed by atoms with van der Waals surface area (Å²) in [6.07, 6.45) is -0.0566. The minimum Gasteiger partial charge on any atom is -0.481 e. The van der Waals surface area contributed by atoms with Crippen molar-refractivity contribution in [1.82, 2.24) is 0 Å². The van der Waals surface area contributed by atoms with Crippen molar-refractivity contribution in [2.45, 2.75) is 23.1 Å². The van der Waals surface area contributed by atoms with Crippen molar-refractivity contribution in [2.24, 2.45) is 0 Å². The standard InChI is InChI=1S/C17H15ClO4S/c1-2-22-17(21)12-4-6-13(7-5-12)23-15-8-3-11(9-14(15)18)10-16(19)20/h3-9H,2,10H2,1H3,(H,19,20). The van der Waals surface area contributed by atoms with E-state index >= 15 is 0 Å². The lowest BCUT2D eigenvalue weighted by molar-refractivity contribution is -0.136. The van der Waals surface area contributed by atoms with Gasteiger partial charge < -0.3 is 9.84 Å². The highest BCUT2D eigenvalue weighted by molar-refractivity contribution is 7.99. The highest BCUT2D eigenvalue weighted by Gasteiger charge is 2.09. The quantitative estimate of drug-likeness (QED) is 0.787. The molecule has 0 radical (unpaired) electrons. The number of carboxylic acid groups (broad SMARTS) is 1. The molecule has 2 aromatic rings. The molecule has 0 saturated heterocycles. The van der Waals surface area contributed by atoms with E-state index in [-0.39, 0.29) is 12.4 Å². The van der Waals surface area contributed by atoms with Gasteiger partial charge in [-0.3, -0.25) is 4.79 Å². The fourth-order valence-corrected chi connectivity index (χ4v) is 3.05. The van der Waals surface area contributed by atoms with Crippen LogP contribution in [0.15, 0.2) is 52.3 Å². The third-order valence-electron chi connectivity index (χ3n) is 2.94. The highest BCUT2D eigenvalue weighted by Crippen LogP contribution is 2.34. The third kappa shape index (κ3) is 5.01. The molecule has 4 nitrogen and oxygen atoms in total. The number of aliphatic carboxylic acids is 1. The molecule has 0 amide bonds. The molecule has 0 bridgehead atoms. The van der Waals surface area contributed by atoms with E-state index in [0.717, 1.165) is 9.79 Å². The zero-order valence-corrected chi connectivity index (χ0v) is 14.0. The predicted molar refractivity (Wildman–Crippen MR) is 89.3 cm³/mol. The van der Waals surface area contributed by atoms with E-state index in [2.05, 4.69) is 0 Å². The summed E-state index contributed by atoms with van der Waals surface area (Å²) < 4.78 is 4.94. The normalized spacial score (nSPS) is 10.3. The molecule has 0 fully saturated rings. The summed E-state index contributed by atoms with van der Waals surface area (Å²) in [4.78, 5) is 24.0. The molecule has 1 N–H and O–H groups in total. The van der Waals surface area contributed by atoms with Crippen LogP contribution in [-0.2, 0) is 16.0 Å². The lowest BCUT2D eigenvalue weighted by atomic mass is 10.1. The van der Waals surface area contributed by atoms with Crippen molar-refractivity contribution < 1.29 is 19.4 Å². The number of carboxylic acids is 1. The van der Waals surface area contributed by atoms with Gasteiger partial charge in [-0.05, 0) is 48.9 Å². The van der Waals surface area contributed by atoms with Gasteiger partial charge in [0.15, 0.2) is 0 Å². The van der Waals surface area contributed by atoms with Crippen LogP contribution in [0.1, 0.15) is 22.8 Å². The van der Waals surface area contributed by atoms with Crippen LogP contribution in [0.25, 0.3) is 0 Å². The van der Waals surface area contributed by atoms with E-state index in [1.54, 1.807) is 37.3 Å². The second-order valence-electron chi connectivity index (χ2n) is 4.68. The van der Waals surface area contributed by atoms with Crippen LogP contribution in [0.5, 0.6) is 0 Å². The van der Waals surface area contributed by atoms with Gasteiger partial charge in [0, 0.05) is 9.79 Å². The van der Waals surface area contributed by atoms with Crippen molar-refractivity contribution in [3.05, 3.63) is 58.6 Å². The van der Waals surface area contributed by atoms with Crippen molar-refractivity contribution >= 4 is 35.3 Å². The number of hydrogen-bond acceptors (Lipinski definition) is 4. The molecule has 0 aromatic heterocycles. The molecule has 2 rings (SSSR count). The Labute approximate surface area is 143 Å². The van der Waals surface area contributed by atoms with E-state index in [1.165, 1.54) is 11.8 Å². The van der Waals surface area contributed by atoms with Gasteiger partial charge in [0.2, 0.25) is 0 Å². The maximum atomic E-state index is 11.6. The number of carbonyl (C=O) groups is 2. The van der Waals surface area contributed by atoms with E-state index in [9.17, 15) is 9.59 Å². The Morgan fingerprint density at radius 1 is 1.17 bits per heavy atom. The molecule has 0 aliphatic heterocycles. The Hall–Kier alpha value is -1.98. The van der Waals surface area contributed by atoms with Crippen molar-refractivity contribution in [3.8, 4) is 0 Å². The van der Waals surface area contributed by atoms with Gasteiger partial charge in [-0.2, -0.15) is 0 Å². The second-order valence-corrected chi connectivity index (χ2v) is 6.20. The minimum absolute atomic E-state index is 0.0566. The number of rotatable bonds is 6. The first-order valence-electron chi connectivity index (χ1n) is 6.95. The molecule has 0 saturated carbocycles. The minimum atomic E-state index is -0.893. The van der Waals surface area contributed by atoms with E-state index in [0.29, 0.717) is 22.8 Å². The zero-order valence-electron chi connectivity index (χ0n) is 12.4. The molecule has 0 heterocycles. The third-order valence-corrected chi connectivity index (χ3v) is 4.45. The van der Waals surface area contributed by atoms with E-state index < -0.39 is 5.97 Å². The molecule has 23 heavy (non-hydrogen) atoms. The van der Waals surface area contributed by atoms with Gasteiger partial charge in [0.1, 0.15) is 0 Å². The van der Waals surface area contributed by atoms with Gasteiger partial charge in [-0.1, -0.05) is 29.4 Å². The van der Waals surface area contributed by atoms with Gasteiger partial charge in [-0.25, -0.2) is 4.79 Å². The van der Waals surface area contributed by atoms with Gasteiger partial charge in [0.25, 0.3) is 0 Å². The molecule has 0 aliphatic carbocycles. The van der Waals surface area contributed by atoms with Crippen LogP contribution in [-0.4, -0.2) is 23.7 Å². The number of benzene rings is 2. The summed E-state index contributed by atoms with van der Waals surface area (Å²) in [6, 6.07) is 12.2. The number of carbonyl (C=O) groups excluding carboxylic acids is 1. The Bertz CT molecular complexity index is 713. The number of hydrogen-bond donors (Lipinski definition) is 1. The first kappa shape index (κ1) is 17.4. The average Bonchev–Trinajstić information content (AvgIpc) is 2.50. The highest BCUT2D eigenvalue weighted by atomic mass is 35.5. The van der Waals surface area contributed by atoms with E-state index in [1.807, 2.05) is 12.1 Å². The number of ether oxygens (including phenoxy) is 1. The van der Waals surface area contributed by atoms with Crippen LogP contribution < -0.4 is 0 Å². The van der Waals surface area contributed by atoms with Crippen molar-refractivity contribution in [2.75, 3.05) is 6.61 Å². The molecule has 0 unspecified atom stereocenters. The SMILES string of the molecule is CCOC(=O)c1ccc(Sc2ccc(CC(=O)O)cc2Cl)cc1. The van der Waals surface area contributed by atoms with Gasteiger partial charge in [-0.15, -0.1) is 0 Å². The Kier molecular flexibility index (Phi) is 6.07. The molecule has 0 aliphatic rings. The number of esters is 1. The van der Waals surface area contributed by atoms with Crippen LogP contribution in [0, 0.1) is 0 Å². The summed E-state index contributed by atoms with van der Waals surface area (Å²) >= 11 is 7.64. The monoisotopic (exact) mass is 350 g/mol. The largest absolute Gasteiger partial charge is 0.481 e. The molecule has 0 spiro atoms. The lowest BCUT2D eigenvalue weighted by Gasteiger charge is -2.07. The summed E-state index contributed by atoms with van der Waals surface area (Å²) in [7, 11) is 0. The summed E-state index contributed by atoms with van der Waals surface area (Å²) in [5.41, 5.74) is 1.16. The molecular formula is C17H15ClO4S. The Morgan fingerprint density at radius 2 is 1.87 bits per heavy atom. The first-order valence-corrected chi connectivity index (χ1v) is 8.14. The van der Waals surface area contributed by atoms with Crippen LogP contribution >= 0.6 is 23.4 Å². The zero-order chi connectivity index (χ0) is 16.8.